The van der Waals surface area contributed by atoms with Crippen LogP contribution in [0.25, 0.3) is 11.5 Å². The zero-order valence-corrected chi connectivity index (χ0v) is 21.0. The first-order valence-corrected chi connectivity index (χ1v) is 13.2. The fourth-order valence-electron chi connectivity index (χ4n) is 3.79. The number of aryl methyl sites for hydroxylation is 2. The van der Waals surface area contributed by atoms with Crippen LogP contribution in [-0.4, -0.2) is 80.9 Å². The number of morpholine rings is 1. The molecule has 1 aliphatic heterocycles. The molecule has 1 fully saturated rings. The molecule has 1 amide bonds. The fraction of sp³-hybridized carbons (Fsp3) is 0.455. The summed E-state index contributed by atoms with van der Waals surface area (Å²) in [5.74, 6) is -0.153. The van der Waals surface area contributed by atoms with Gasteiger partial charge in [-0.3, -0.25) is 4.79 Å². The third-order valence-electron chi connectivity index (χ3n) is 5.63. The second-order valence-corrected chi connectivity index (χ2v) is 10.4. The second-order valence-electron chi connectivity index (χ2n) is 8.43. The molecule has 12 nitrogen and oxygen atoms in total. The largest absolute Gasteiger partial charge is 0.373 e. The Kier molecular flexibility index (Phi) is 7.66. The lowest BCUT2D eigenvalue weighted by molar-refractivity contribution is -0.0141. The minimum Gasteiger partial charge on any atom is -0.373 e. The second kappa shape index (κ2) is 10.7. The number of sulfonamides is 1. The number of nitrogens with zero attached hydrogens (tertiary/aromatic N) is 7. The normalized spacial score (nSPS) is 16.7. The first-order valence-electron chi connectivity index (χ1n) is 11.4. The maximum absolute atomic E-state index is 13.7. The van der Waals surface area contributed by atoms with Crippen LogP contribution in [0.15, 0.2) is 24.3 Å². The van der Waals surface area contributed by atoms with E-state index in [1.807, 2.05) is 6.92 Å². The van der Waals surface area contributed by atoms with Crippen molar-refractivity contribution >= 4 is 15.9 Å². The molecule has 1 aliphatic rings. The van der Waals surface area contributed by atoms with Crippen molar-refractivity contribution in [1.82, 2.24) is 39.8 Å². The van der Waals surface area contributed by atoms with E-state index in [4.69, 9.17) is 4.74 Å². The van der Waals surface area contributed by atoms with Crippen molar-refractivity contribution in [2.24, 2.45) is 0 Å². The van der Waals surface area contributed by atoms with E-state index in [0.29, 0.717) is 30.0 Å². The van der Waals surface area contributed by atoms with Gasteiger partial charge in [0.25, 0.3) is 5.91 Å². The molecule has 0 saturated carbocycles. The Balaban J connectivity index is 1.44. The molecular formula is C22H27FN8O4S. The van der Waals surface area contributed by atoms with Gasteiger partial charge in [-0.25, -0.2) is 22.8 Å². The highest BCUT2D eigenvalue weighted by Crippen LogP contribution is 2.15. The summed E-state index contributed by atoms with van der Waals surface area (Å²) < 4.78 is 44.4. The number of carbonyl (C=O) groups is 1. The lowest BCUT2D eigenvalue weighted by Gasteiger charge is -2.30. The first kappa shape index (κ1) is 25.7. The minimum atomic E-state index is -3.32. The fourth-order valence-corrected chi connectivity index (χ4v) is 4.63. The van der Waals surface area contributed by atoms with Crippen LogP contribution in [0.2, 0.25) is 0 Å². The van der Waals surface area contributed by atoms with Gasteiger partial charge >= 0.3 is 0 Å². The van der Waals surface area contributed by atoms with Crippen LogP contribution >= 0.6 is 0 Å². The van der Waals surface area contributed by atoms with E-state index in [2.05, 4.69) is 30.7 Å². The van der Waals surface area contributed by atoms with E-state index in [0.717, 1.165) is 11.8 Å². The first-order chi connectivity index (χ1) is 17.1. The van der Waals surface area contributed by atoms with Crippen molar-refractivity contribution < 1.29 is 22.3 Å². The molecule has 3 aromatic rings. The Labute approximate surface area is 207 Å². The monoisotopic (exact) mass is 518 g/mol. The van der Waals surface area contributed by atoms with E-state index < -0.39 is 22.0 Å². The number of nitrogens with one attached hydrogen (secondary N) is 1. The van der Waals surface area contributed by atoms with Gasteiger partial charge in [0.15, 0.2) is 0 Å². The zero-order valence-electron chi connectivity index (χ0n) is 20.2. The van der Waals surface area contributed by atoms with Crippen LogP contribution in [0, 0.1) is 12.7 Å². The standard InChI is InChI=1S/C22H27FN8O4S/c1-4-16-9-15(5-6-18(16)23)11-24-22(32)20-10-19(25-14(2)26-20)21-27-29-31(28-21)13-17-12-30(7-8-35-17)36(3,33)34/h5-6,9-10,17H,4,7-8,11-13H2,1-3H3,(H,24,32). The van der Waals surface area contributed by atoms with Crippen LogP contribution in [0.5, 0.6) is 0 Å². The molecule has 36 heavy (non-hydrogen) atoms. The Morgan fingerprint density at radius 1 is 1.28 bits per heavy atom. The predicted octanol–water partition coefficient (Wildman–Crippen LogP) is 0.730. The number of aromatic nitrogens is 6. The van der Waals surface area contributed by atoms with Gasteiger partial charge in [-0.2, -0.15) is 9.10 Å². The Morgan fingerprint density at radius 2 is 2.08 bits per heavy atom. The topological polar surface area (TPSA) is 145 Å². The molecule has 0 aliphatic carbocycles. The highest BCUT2D eigenvalue weighted by molar-refractivity contribution is 7.88. The van der Waals surface area contributed by atoms with Gasteiger partial charge in [-0.1, -0.05) is 19.1 Å². The highest BCUT2D eigenvalue weighted by atomic mass is 32.2. The van der Waals surface area contributed by atoms with Gasteiger partial charge < -0.3 is 10.1 Å². The average Bonchev–Trinajstić information content (AvgIpc) is 3.31. The van der Waals surface area contributed by atoms with Crippen molar-refractivity contribution in [2.45, 2.75) is 39.5 Å². The molecule has 3 heterocycles. The summed E-state index contributed by atoms with van der Waals surface area (Å²) in [7, 11) is -3.32. The molecular weight excluding hydrogens is 491 g/mol. The number of ether oxygens (including phenoxy) is 1. The maximum Gasteiger partial charge on any atom is 0.270 e. The Hall–Kier alpha value is -3.36. The lowest BCUT2D eigenvalue weighted by Crippen LogP contribution is -2.46. The zero-order chi connectivity index (χ0) is 25.9. The van der Waals surface area contributed by atoms with Crippen molar-refractivity contribution in [1.29, 1.82) is 0 Å². The van der Waals surface area contributed by atoms with E-state index in [-0.39, 0.29) is 43.6 Å². The average molecular weight is 519 g/mol. The van der Waals surface area contributed by atoms with E-state index >= 15 is 0 Å². The molecule has 1 N–H and O–H groups in total. The molecule has 4 rings (SSSR count). The minimum absolute atomic E-state index is 0.131. The third-order valence-corrected chi connectivity index (χ3v) is 6.90. The van der Waals surface area contributed by atoms with Crippen molar-refractivity contribution in [3.05, 3.63) is 52.7 Å². The SMILES string of the molecule is CCc1cc(CNC(=O)c2cc(-c3nnn(CC4CN(S(C)(=O)=O)CCO4)n3)nc(C)n2)ccc1F. The molecule has 192 valence electrons. The van der Waals surface area contributed by atoms with Gasteiger partial charge in [0.2, 0.25) is 15.8 Å². The molecule has 2 aromatic heterocycles. The number of rotatable bonds is 8. The number of amides is 1. The smallest absolute Gasteiger partial charge is 0.270 e. The summed E-state index contributed by atoms with van der Waals surface area (Å²) in [6, 6.07) is 6.20. The summed E-state index contributed by atoms with van der Waals surface area (Å²) in [6.07, 6.45) is 1.29. The van der Waals surface area contributed by atoms with Gasteiger partial charge in [0.1, 0.15) is 23.0 Å². The van der Waals surface area contributed by atoms with Gasteiger partial charge in [0, 0.05) is 19.6 Å². The molecule has 1 aromatic carbocycles. The molecule has 1 atom stereocenters. The van der Waals surface area contributed by atoms with Crippen LogP contribution in [-0.2, 0) is 34.3 Å². The lowest BCUT2D eigenvalue weighted by atomic mass is 10.1. The number of carbonyl (C=O) groups excluding carboxylic acids is 1. The predicted molar refractivity (Wildman–Crippen MR) is 127 cm³/mol. The van der Waals surface area contributed by atoms with E-state index in [1.165, 1.54) is 21.2 Å². The molecule has 0 spiro atoms. The summed E-state index contributed by atoms with van der Waals surface area (Å²) in [5, 5.41) is 15.1. The summed E-state index contributed by atoms with van der Waals surface area (Å²) >= 11 is 0. The quantitative estimate of drug-likeness (QED) is 0.456. The van der Waals surface area contributed by atoms with Gasteiger partial charge in [0.05, 0.1) is 25.5 Å². The molecule has 1 saturated heterocycles. The molecule has 1 unspecified atom stereocenters. The van der Waals surface area contributed by atoms with Crippen molar-refractivity contribution in [2.75, 3.05) is 26.0 Å². The Bertz CT molecular complexity index is 1360. The number of halogens is 1. The molecule has 14 heteroatoms. The van der Waals surface area contributed by atoms with E-state index in [1.54, 1.807) is 19.1 Å². The summed E-state index contributed by atoms with van der Waals surface area (Å²) in [6.45, 7) is 4.70. The van der Waals surface area contributed by atoms with Crippen LogP contribution in [0.3, 0.4) is 0 Å². The number of hydrogen-bond acceptors (Lipinski definition) is 9. The highest BCUT2D eigenvalue weighted by Gasteiger charge is 2.27. The van der Waals surface area contributed by atoms with Crippen molar-refractivity contribution in [3.8, 4) is 11.5 Å². The Morgan fingerprint density at radius 3 is 2.83 bits per heavy atom. The number of tetrazole rings is 1. The van der Waals surface area contributed by atoms with Gasteiger partial charge in [-0.15, -0.1) is 10.2 Å². The van der Waals surface area contributed by atoms with Crippen molar-refractivity contribution in [3.63, 3.8) is 0 Å². The number of hydrogen-bond donors (Lipinski definition) is 1. The third kappa shape index (κ3) is 6.25. The van der Waals surface area contributed by atoms with Gasteiger partial charge in [-0.05, 0) is 41.8 Å². The van der Waals surface area contributed by atoms with E-state index in [9.17, 15) is 17.6 Å². The maximum atomic E-state index is 13.7. The van der Waals surface area contributed by atoms with Crippen LogP contribution in [0.4, 0.5) is 4.39 Å². The summed E-state index contributed by atoms with van der Waals surface area (Å²) in [5.41, 5.74) is 1.80. The number of benzene rings is 1. The summed E-state index contributed by atoms with van der Waals surface area (Å²) in [4.78, 5) is 22.6. The van der Waals surface area contributed by atoms with Crippen LogP contribution < -0.4 is 5.32 Å². The van der Waals surface area contributed by atoms with Crippen LogP contribution in [0.1, 0.15) is 34.4 Å². The molecule has 0 bridgehead atoms. The molecule has 0 radical (unpaired) electrons.